The van der Waals surface area contributed by atoms with Crippen LogP contribution in [0.5, 0.6) is 0 Å². The number of nitrogens with zero attached hydrogens (tertiary/aromatic N) is 4. The van der Waals surface area contributed by atoms with E-state index in [1.807, 2.05) is 18.7 Å². The van der Waals surface area contributed by atoms with E-state index in [1.165, 1.54) is 36.9 Å². The number of benzene rings is 1. The molecule has 1 aromatic carbocycles. The molecule has 0 saturated carbocycles. The van der Waals surface area contributed by atoms with E-state index in [0.29, 0.717) is 29.5 Å². The second-order valence-electron chi connectivity index (χ2n) is 9.97. The monoisotopic (exact) mass is 534 g/mol. The molecule has 202 valence electrons. The molecule has 0 unspecified atom stereocenters. The molecule has 0 N–H and O–H groups in total. The molecule has 1 aliphatic heterocycles. The first-order chi connectivity index (χ1) is 17.4. The summed E-state index contributed by atoms with van der Waals surface area (Å²) in [6.07, 6.45) is 2.87. The second-order valence-corrected chi connectivity index (χ2v) is 10.4. The lowest BCUT2D eigenvalue weighted by atomic mass is 10.1. The maximum Gasteiger partial charge on any atom is 0.344 e. The van der Waals surface area contributed by atoms with Gasteiger partial charge in [-0.15, -0.1) is 0 Å². The molecule has 10 heteroatoms. The Bertz CT molecular complexity index is 1430. The highest BCUT2D eigenvalue weighted by molar-refractivity contribution is 6.31. The number of aryl methyl sites for hydroxylation is 1. The third-order valence-corrected chi connectivity index (χ3v) is 6.59. The molecule has 3 heterocycles. The van der Waals surface area contributed by atoms with Gasteiger partial charge in [-0.05, 0) is 63.8 Å². The fourth-order valence-electron chi connectivity index (χ4n) is 4.64. The molecule has 2 aromatic heterocycles. The van der Waals surface area contributed by atoms with Crippen LogP contribution in [0.15, 0.2) is 27.8 Å². The van der Waals surface area contributed by atoms with Gasteiger partial charge in [0, 0.05) is 32.2 Å². The van der Waals surface area contributed by atoms with Gasteiger partial charge >= 0.3 is 11.7 Å². The molecule has 0 radical (unpaired) electrons. The number of aromatic nitrogens is 3. The Balaban J connectivity index is 0.00000186. The number of rotatable bonds is 4. The summed E-state index contributed by atoms with van der Waals surface area (Å²) in [5, 5.41) is 0.332. The molecule has 4 rings (SSSR count). The summed E-state index contributed by atoms with van der Waals surface area (Å²) in [4.78, 5) is 42.0. The van der Waals surface area contributed by atoms with Gasteiger partial charge < -0.3 is 14.2 Å². The fourth-order valence-corrected chi connectivity index (χ4v) is 4.82. The smallest absolute Gasteiger partial charge is 0.344 e. The van der Waals surface area contributed by atoms with Crippen LogP contribution >= 0.6 is 11.6 Å². The Kier molecular flexibility index (Phi) is 8.57. The van der Waals surface area contributed by atoms with Crippen LogP contribution in [-0.2, 0) is 25.4 Å². The average Bonchev–Trinajstić information content (AvgIpc) is 3.19. The summed E-state index contributed by atoms with van der Waals surface area (Å²) in [6.45, 7) is 10.6. The van der Waals surface area contributed by atoms with Crippen molar-refractivity contribution in [2.75, 3.05) is 18.0 Å². The normalized spacial score (nSPS) is 13.9. The zero-order chi connectivity index (χ0) is 27.7. The van der Waals surface area contributed by atoms with Crippen molar-refractivity contribution in [1.82, 2.24) is 13.7 Å². The lowest BCUT2D eigenvalue weighted by Gasteiger charge is -2.31. The number of esters is 1. The molecule has 0 aliphatic carbocycles. The van der Waals surface area contributed by atoms with E-state index in [9.17, 15) is 18.8 Å². The van der Waals surface area contributed by atoms with Crippen molar-refractivity contribution < 1.29 is 13.9 Å². The van der Waals surface area contributed by atoms with E-state index in [1.54, 1.807) is 25.3 Å². The molecule has 3 aromatic rings. The zero-order valence-electron chi connectivity index (χ0n) is 22.7. The standard InChI is InChI=1S/C25H30ClFN4O4.C2H6/c1-25(2,3)35-23(33)18-19-20(22(32)29(5)24(34)28(19)4)31(21(18)30-11-7-6-8-12-30)14-15-13-16(27)9-10-17(15)26;1-2/h9-10,13H,6-8,11-12,14H2,1-5H3;1-2H3. The van der Waals surface area contributed by atoms with Crippen LogP contribution < -0.4 is 16.1 Å². The maximum absolute atomic E-state index is 14.1. The van der Waals surface area contributed by atoms with Gasteiger partial charge in [0.2, 0.25) is 0 Å². The number of hydrogen-bond acceptors (Lipinski definition) is 5. The van der Waals surface area contributed by atoms with E-state index in [-0.39, 0.29) is 23.1 Å². The Morgan fingerprint density at radius 3 is 2.24 bits per heavy atom. The van der Waals surface area contributed by atoms with Gasteiger partial charge in [0.05, 0.1) is 12.1 Å². The van der Waals surface area contributed by atoms with E-state index < -0.39 is 28.6 Å². The summed E-state index contributed by atoms with van der Waals surface area (Å²) >= 11 is 6.40. The third kappa shape index (κ3) is 5.61. The number of ether oxygens (including phenoxy) is 1. The lowest BCUT2D eigenvalue weighted by Crippen LogP contribution is -2.38. The highest BCUT2D eigenvalue weighted by atomic mass is 35.5. The van der Waals surface area contributed by atoms with Crippen LogP contribution in [0.25, 0.3) is 11.0 Å². The number of hydrogen-bond donors (Lipinski definition) is 0. The predicted molar refractivity (Wildman–Crippen MR) is 146 cm³/mol. The van der Waals surface area contributed by atoms with Crippen LogP contribution in [0.1, 0.15) is 69.8 Å². The average molecular weight is 535 g/mol. The second kappa shape index (κ2) is 11.1. The van der Waals surface area contributed by atoms with Crippen LogP contribution in [0.4, 0.5) is 10.2 Å². The molecule has 37 heavy (non-hydrogen) atoms. The summed E-state index contributed by atoms with van der Waals surface area (Å²) < 4.78 is 23.9. The van der Waals surface area contributed by atoms with Crippen molar-refractivity contribution in [2.24, 2.45) is 14.1 Å². The summed E-state index contributed by atoms with van der Waals surface area (Å²) in [6, 6.07) is 4.04. The fraction of sp³-hybridized carbons (Fsp3) is 0.519. The summed E-state index contributed by atoms with van der Waals surface area (Å²) in [5.41, 5.74) is -0.941. The van der Waals surface area contributed by atoms with Crippen molar-refractivity contribution in [1.29, 1.82) is 0 Å². The van der Waals surface area contributed by atoms with Gasteiger partial charge in [0.25, 0.3) is 5.56 Å². The first kappa shape index (κ1) is 28.5. The maximum atomic E-state index is 14.1. The van der Waals surface area contributed by atoms with Crippen LogP contribution in [0, 0.1) is 5.82 Å². The Morgan fingerprint density at radius 1 is 1.03 bits per heavy atom. The van der Waals surface area contributed by atoms with E-state index in [2.05, 4.69) is 0 Å². The van der Waals surface area contributed by atoms with Gasteiger partial charge in [-0.25, -0.2) is 14.0 Å². The van der Waals surface area contributed by atoms with Crippen molar-refractivity contribution in [2.45, 2.75) is 66.0 Å². The number of carbonyl (C=O) groups is 1. The minimum Gasteiger partial charge on any atom is -0.456 e. The number of piperidine rings is 1. The molecule has 0 amide bonds. The zero-order valence-corrected chi connectivity index (χ0v) is 23.4. The summed E-state index contributed by atoms with van der Waals surface area (Å²) in [7, 11) is 2.92. The van der Waals surface area contributed by atoms with Gasteiger partial charge in [-0.1, -0.05) is 25.4 Å². The molecule has 1 aliphatic rings. The van der Waals surface area contributed by atoms with Gasteiger partial charge in [-0.2, -0.15) is 0 Å². The van der Waals surface area contributed by atoms with Gasteiger partial charge in [0.15, 0.2) is 0 Å². The quantitative estimate of drug-likeness (QED) is 0.447. The molecule has 0 atom stereocenters. The molecule has 1 saturated heterocycles. The molecule has 0 spiro atoms. The van der Waals surface area contributed by atoms with Gasteiger partial charge in [-0.3, -0.25) is 13.9 Å². The highest BCUT2D eigenvalue weighted by Crippen LogP contribution is 2.35. The minimum atomic E-state index is -0.796. The first-order valence-electron chi connectivity index (χ1n) is 12.6. The SMILES string of the molecule is CC.Cn1c(=O)c2c(c(C(=O)OC(C)(C)C)c(N3CCCCC3)n2Cc2cc(F)ccc2Cl)n(C)c1=O. The topological polar surface area (TPSA) is 78.5 Å². The Labute approximate surface area is 221 Å². The lowest BCUT2D eigenvalue weighted by molar-refractivity contribution is 0.00718. The third-order valence-electron chi connectivity index (χ3n) is 6.22. The summed E-state index contributed by atoms with van der Waals surface area (Å²) in [5.74, 6) is -0.615. The number of fused-ring (bicyclic) bond motifs is 1. The molecular formula is C27H36ClFN4O4. The van der Waals surface area contributed by atoms with Crippen molar-refractivity contribution in [3.05, 3.63) is 61.0 Å². The van der Waals surface area contributed by atoms with Gasteiger partial charge in [0.1, 0.15) is 28.3 Å². The number of halogens is 2. The van der Waals surface area contributed by atoms with Crippen LogP contribution in [0.3, 0.4) is 0 Å². The number of carbonyl (C=O) groups excluding carboxylic acids is 1. The molecule has 8 nitrogen and oxygen atoms in total. The Hall–Kier alpha value is -3.07. The van der Waals surface area contributed by atoms with Crippen LogP contribution in [-0.4, -0.2) is 38.4 Å². The van der Waals surface area contributed by atoms with E-state index in [0.717, 1.165) is 23.8 Å². The van der Waals surface area contributed by atoms with Crippen molar-refractivity contribution >= 4 is 34.4 Å². The number of anilines is 1. The molecular weight excluding hydrogens is 499 g/mol. The molecule has 1 fully saturated rings. The van der Waals surface area contributed by atoms with Crippen LogP contribution in [0.2, 0.25) is 5.02 Å². The van der Waals surface area contributed by atoms with Crippen molar-refractivity contribution in [3.63, 3.8) is 0 Å². The Morgan fingerprint density at radius 2 is 1.65 bits per heavy atom. The first-order valence-corrected chi connectivity index (χ1v) is 13.0. The van der Waals surface area contributed by atoms with E-state index >= 15 is 0 Å². The largest absolute Gasteiger partial charge is 0.456 e. The predicted octanol–water partition coefficient (Wildman–Crippen LogP) is 4.85. The van der Waals surface area contributed by atoms with E-state index in [4.69, 9.17) is 16.3 Å². The highest BCUT2D eigenvalue weighted by Gasteiger charge is 2.34. The van der Waals surface area contributed by atoms with Crippen molar-refractivity contribution in [3.8, 4) is 0 Å². The molecule has 0 bridgehead atoms. The minimum absolute atomic E-state index is 0.0369.